The first-order valence-corrected chi connectivity index (χ1v) is 10.9. The Kier molecular flexibility index (Phi) is 5.83. The van der Waals surface area contributed by atoms with Crippen LogP contribution in [0.4, 0.5) is 0 Å². The van der Waals surface area contributed by atoms with E-state index in [1.165, 1.54) is 11.3 Å². The molecule has 0 radical (unpaired) electrons. The molecule has 4 rings (SSSR count). The summed E-state index contributed by atoms with van der Waals surface area (Å²) in [5.74, 6) is -0.507. The van der Waals surface area contributed by atoms with Crippen LogP contribution in [-0.2, 0) is 20.7 Å². The van der Waals surface area contributed by atoms with Crippen molar-refractivity contribution in [3.05, 3.63) is 52.7 Å². The molecule has 0 saturated carbocycles. The summed E-state index contributed by atoms with van der Waals surface area (Å²) in [5, 5.41) is 2.87. The Labute approximate surface area is 171 Å². The van der Waals surface area contributed by atoms with Crippen LogP contribution in [-0.4, -0.2) is 41.5 Å². The minimum absolute atomic E-state index is 0.112. The van der Waals surface area contributed by atoms with Crippen molar-refractivity contribution in [2.45, 2.75) is 19.3 Å². The molecule has 1 fully saturated rings. The Balaban J connectivity index is 1.49. The molecule has 2 aromatic heterocycles. The van der Waals surface area contributed by atoms with Gasteiger partial charge in [-0.2, -0.15) is 0 Å². The quantitative estimate of drug-likeness (QED) is 0.568. The molecular weight excluding hydrogens is 392 g/mol. The number of carbonyl (C=O) groups is 2. The Bertz CT molecular complexity index is 945. The lowest BCUT2D eigenvalue weighted by Crippen LogP contribution is -2.32. The average molecular weight is 413 g/mol. The average Bonchev–Trinajstić information content (AvgIpc) is 3.48. The van der Waals surface area contributed by atoms with Crippen LogP contribution in [0.3, 0.4) is 0 Å². The van der Waals surface area contributed by atoms with Crippen molar-refractivity contribution < 1.29 is 14.3 Å². The van der Waals surface area contributed by atoms with Crippen molar-refractivity contribution in [1.29, 1.82) is 0 Å². The number of hydrogen-bond acceptors (Lipinski definition) is 6. The molecule has 1 saturated heterocycles. The predicted molar refractivity (Wildman–Crippen MR) is 111 cm³/mol. The van der Waals surface area contributed by atoms with Gasteiger partial charge in [0, 0.05) is 23.5 Å². The normalized spacial score (nSPS) is 13.6. The second-order valence-electron chi connectivity index (χ2n) is 6.56. The molecule has 7 heteroatoms. The fourth-order valence-corrected chi connectivity index (χ4v) is 5.04. The van der Waals surface area contributed by atoms with Gasteiger partial charge in [-0.3, -0.25) is 9.59 Å². The first-order chi connectivity index (χ1) is 13.7. The zero-order valence-corrected chi connectivity index (χ0v) is 16.9. The van der Waals surface area contributed by atoms with Gasteiger partial charge in [-0.15, -0.1) is 22.7 Å². The van der Waals surface area contributed by atoms with Crippen LogP contribution in [0.25, 0.3) is 21.1 Å². The van der Waals surface area contributed by atoms with Crippen molar-refractivity contribution >= 4 is 34.6 Å². The molecule has 5 nitrogen and oxygen atoms in total. The second-order valence-corrected chi connectivity index (χ2v) is 8.59. The van der Waals surface area contributed by atoms with Crippen LogP contribution >= 0.6 is 22.7 Å². The summed E-state index contributed by atoms with van der Waals surface area (Å²) in [6, 6.07) is 13.9. The fraction of sp³-hybridized carbons (Fsp3) is 0.286. The number of carbonyl (C=O) groups excluding carboxylic acids is 2. The Morgan fingerprint density at radius 2 is 1.86 bits per heavy atom. The number of benzene rings is 1. The van der Waals surface area contributed by atoms with E-state index in [9.17, 15) is 9.59 Å². The van der Waals surface area contributed by atoms with Crippen LogP contribution in [0, 0.1) is 0 Å². The number of ether oxygens (including phenoxy) is 1. The molecule has 1 amide bonds. The number of hydrogen-bond donors (Lipinski definition) is 0. The molecule has 3 aromatic rings. The van der Waals surface area contributed by atoms with Gasteiger partial charge in [0.05, 0.1) is 17.0 Å². The first-order valence-electron chi connectivity index (χ1n) is 9.23. The minimum Gasteiger partial charge on any atom is -0.455 e. The molecule has 0 bridgehead atoms. The number of nitrogens with zero attached hydrogens (tertiary/aromatic N) is 2. The lowest BCUT2D eigenvalue weighted by Gasteiger charge is -2.14. The Hall–Kier alpha value is -2.51. The van der Waals surface area contributed by atoms with E-state index in [0.717, 1.165) is 52.0 Å². The fourth-order valence-electron chi connectivity index (χ4n) is 3.16. The standard InChI is InChI=1S/C21H20N2O3S2/c24-18(23-10-4-5-11-23)14-26-19(25)13-17-20(16-9-6-12-27-16)22-21(28-17)15-7-2-1-3-8-15/h1-3,6-9,12H,4-5,10-11,13-14H2. The molecule has 1 aliphatic rings. The van der Waals surface area contributed by atoms with Crippen LogP contribution in [0.5, 0.6) is 0 Å². The summed E-state index contributed by atoms with van der Waals surface area (Å²) < 4.78 is 5.26. The topological polar surface area (TPSA) is 59.5 Å². The number of esters is 1. The summed E-state index contributed by atoms with van der Waals surface area (Å²) in [6.45, 7) is 1.33. The van der Waals surface area contributed by atoms with E-state index in [0.29, 0.717) is 0 Å². The highest BCUT2D eigenvalue weighted by Gasteiger charge is 2.21. The summed E-state index contributed by atoms with van der Waals surface area (Å²) in [6.07, 6.45) is 2.16. The summed E-state index contributed by atoms with van der Waals surface area (Å²) in [7, 11) is 0. The number of likely N-dealkylation sites (tertiary alicyclic amines) is 1. The van der Waals surface area contributed by atoms with Gasteiger partial charge in [0.2, 0.25) is 0 Å². The van der Waals surface area contributed by atoms with E-state index in [1.807, 2.05) is 47.8 Å². The Morgan fingerprint density at radius 1 is 1.07 bits per heavy atom. The number of aromatic nitrogens is 1. The molecule has 0 atom stereocenters. The molecule has 144 valence electrons. The largest absolute Gasteiger partial charge is 0.455 e. The van der Waals surface area contributed by atoms with Crippen molar-refractivity contribution in [2.75, 3.05) is 19.7 Å². The highest BCUT2D eigenvalue weighted by atomic mass is 32.1. The molecule has 1 aromatic carbocycles. The SMILES string of the molecule is O=C(Cc1sc(-c2ccccc2)nc1-c1cccs1)OCC(=O)N1CCCC1. The van der Waals surface area contributed by atoms with Gasteiger partial charge in [-0.05, 0) is 24.3 Å². The maximum atomic E-state index is 12.4. The molecule has 0 unspecified atom stereocenters. The third-order valence-electron chi connectivity index (χ3n) is 4.59. The van der Waals surface area contributed by atoms with E-state index in [4.69, 9.17) is 9.72 Å². The number of amides is 1. The molecule has 28 heavy (non-hydrogen) atoms. The minimum atomic E-state index is -0.395. The van der Waals surface area contributed by atoms with Gasteiger partial charge in [-0.1, -0.05) is 36.4 Å². The molecule has 3 heterocycles. The van der Waals surface area contributed by atoms with Crippen LogP contribution in [0.2, 0.25) is 0 Å². The molecule has 0 aliphatic carbocycles. The van der Waals surface area contributed by atoms with E-state index >= 15 is 0 Å². The van der Waals surface area contributed by atoms with Crippen LogP contribution in [0.15, 0.2) is 47.8 Å². The summed E-state index contributed by atoms with van der Waals surface area (Å²) in [5.41, 5.74) is 1.84. The molecule has 1 aliphatic heterocycles. The third-order valence-corrected chi connectivity index (χ3v) is 6.57. The smallest absolute Gasteiger partial charge is 0.311 e. The third kappa shape index (κ3) is 4.31. The van der Waals surface area contributed by atoms with Crippen molar-refractivity contribution in [2.24, 2.45) is 0 Å². The zero-order chi connectivity index (χ0) is 19.3. The van der Waals surface area contributed by atoms with Gasteiger partial charge in [-0.25, -0.2) is 4.98 Å². The molecular formula is C21H20N2O3S2. The van der Waals surface area contributed by atoms with Gasteiger partial charge in [0.25, 0.3) is 5.91 Å². The van der Waals surface area contributed by atoms with Crippen molar-refractivity contribution in [1.82, 2.24) is 9.88 Å². The zero-order valence-electron chi connectivity index (χ0n) is 15.3. The maximum Gasteiger partial charge on any atom is 0.311 e. The van der Waals surface area contributed by atoms with Crippen molar-refractivity contribution in [3.8, 4) is 21.1 Å². The maximum absolute atomic E-state index is 12.4. The molecule has 0 spiro atoms. The lowest BCUT2D eigenvalue weighted by atomic mass is 10.2. The number of thiazole rings is 1. The summed E-state index contributed by atoms with van der Waals surface area (Å²) >= 11 is 3.09. The van der Waals surface area contributed by atoms with Gasteiger partial charge >= 0.3 is 5.97 Å². The van der Waals surface area contributed by atoms with Crippen LogP contribution in [0.1, 0.15) is 17.7 Å². The highest BCUT2D eigenvalue weighted by molar-refractivity contribution is 7.17. The van der Waals surface area contributed by atoms with Gasteiger partial charge in [0.1, 0.15) is 5.01 Å². The predicted octanol–water partition coefficient (Wildman–Crippen LogP) is 4.25. The number of rotatable bonds is 6. The van der Waals surface area contributed by atoms with Gasteiger partial charge < -0.3 is 9.64 Å². The Morgan fingerprint density at radius 3 is 2.57 bits per heavy atom. The molecule has 0 N–H and O–H groups in total. The second kappa shape index (κ2) is 8.67. The monoisotopic (exact) mass is 412 g/mol. The van der Waals surface area contributed by atoms with Crippen molar-refractivity contribution in [3.63, 3.8) is 0 Å². The van der Waals surface area contributed by atoms with E-state index in [-0.39, 0.29) is 18.9 Å². The lowest BCUT2D eigenvalue weighted by molar-refractivity contribution is -0.151. The van der Waals surface area contributed by atoms with Crippen LogP contribution < -0.4 is 0 Å². The highest BCUT2D eigenvalue weighted by Crippen LogP contribution is 2.36. The van der Waals surface area contributed by atoms with E-state index in [2.05, 4.69) is 0 Å². The first kappa shape index (κ1) is 18.8. The van der Waals surface area contributed by atoms with E-state index < -0.39 is 5.97 Å². The van der Waals surface area contributed by atoms with E-state index in [1.54, 1.807) is 16.2 Å². The summed E-state index contributed by atoms with van der Waals surface area (Å²) in [4.78, 5) is 32.9. The van der Waals surface area contributed by atoms with Gasteiger partial charge in [0.15, 0.2) is 6.61 Å². The number of thiophene rings is 1.